The van der Waals surface area contributed by atoms with Gasteiger partial charge in [0.2, 0.25) is 0 Å². The molecule has 0 aliphatic heterocycles. The number of rotatable bonds is 5. The van der Waals surface area contributed by atoms with Crippen molar-refractivity contribution in [3.8, 4) is 11.3 Å². The largest absolute Gasteiger partial charge is 0.493 e. The van der Waals surface area contributed by atoms with Gasteiger partial charge in [-0.25, -0.2) is 14.8 Å². The van der Waals surface area contributed by atoms with Crippen LogP contribution in [0.3, 0.4) is 0 Å². The van der Waals surface area contributed by atoms with Gasteiger partial charge in [0, 0.05) is 33.8 Å². The Morgan fingerprint density at radius 2 is 1.60 bits per heavy atom. The number of hydroxylamine groups is 1. The zero-order valence-electron chi connectivity index (χ0n) is 22.0. The minimum Gasteiger partial charge on any atom is -0.455 e. The third-order valence-electron chi connectivity index (χ3n) is 6.48. The number of hydrogen-bond acceptors (Lipinski definition) is 8. The fraction of sp³-hybridized carbons (Fsp3) is 0.0323. The third kappa shape index (κ3) is 5.40. The van der Waals surface area contributed by atoms with E-state index in [0.717, 1.165) is 21.9 Å². The quantitative estimate of drug-likeness (QED) is 0.164. The van der Waals surface area contributed by atoms with Crippen LogP contribution in [0.15, 0.2) is 108 Å². The number of halogens is 3. The number of anilines is 4. The maximum absolute atomic E-state index is 13.2. The van der Waals surface area contributed by atoms with E-state index >= 15 is 0 Å². The van der Waals surface area contributed by atoms with E-state index in [9.17, 15) is 22.8 Å². The number of para-hydroxylation sites is 3. The minimum absolute atomic E-state index is 0.0113. The topological polar surface area (TPSA) is 124 Å². The predicted octanol–water partition coefficient (Wildman–Crippen LogP) is 7.04. The van der Waals surface area contributed by atoms with Gasteiger partial charge in [-0.2, -0.15) is 13.2 Å². The number of hydrogen-bond donors (Lipinski definition) is 2. The summed E-state index contributed by atoms with van der Waals surface area (Å²) in [4.78, 5) is 38.1. The van der Waals surface area contributed by atoms with Gasteiger partial charge in [0.1, 0.15) is 23.3 Å². The average molecular weight is 584 g/mol. The molecule has 0 saturated carbocycles. The Hall–Kier alpha value is -5.91. The number of nitrogens with one attached hydrogen (secondary N) is 1. The molecule has 0 atom stereocenters. The van der Waals surface area contributed by atoms with Gasteiger partial charge in [0.25, 0.3) is 5.91 Å². The van der Waals surface area contributed by atoms with Crippen molar-refractivity contribution in [1.29, 1.82) is 0 Å². The van der Waals surface area contributed by atoms with Gasteiger partial charge in [-0.05, 0) is 42.5 Å². The van der Waals surface area contributed by atoms with E-state index in [1.165, 1.54) is 42.7 Å². The molecule has 2 heterocycles. The molecule has 0 saturated heterocycles. The molecule has 0 aliphatic rings. The molecule has 2 aromatic heterocycles. The van der Waals surface area contributed by atoms with Crippen LogP contribution in [0.5, 0.6) is 0 Å². The fourth-order valence-electron chi connectivity index (χ4n) is 4.53. The number of nitrogens with zero attached hydrogens (tertiary/aromatic N) is 3. The van der Waals surface area contributed by atoms with Gasteiger partial charge >= 0.3 is 12.1 Å². The highest BCUT2D eigenvalue weighted by Gasteiger charge is 2.44. The molecule has 3 N–H and O–H groups in total. The van der Waals surface area contributed by atoms with Crippen molar-refractivity contribution < 1.29 is 32.0 Å². The van der Waals surface area contributed by atoms with Crippen LogP contribution in [0, 0.1) is 0 Å². The smallest absolute Gasteiger partial charge is 0.455 e. The number of aromatic nitrogens is 2. The van der Waals surface area contributed by atoms with Crippen LogP contribution in [0.4, 0.5) is 36.1 Å². The highest BCUT2D eigenvalue weighted by molar-refractivity contribution is 6.10. The number of nitrogens with two attached hydrogens (primary N) is 1. The van der Waals surface area contributed by atoms with Gasteiger partial charge in [-0.15, -0.1) is 5.06 Å². The molecule has 0 fully saturated rings. The van der Waals surface area contributed by atoms with E-state index in [1.54, 1.807) is 18.2 Å². The summed E-state index contributed by atoms with van der Waals surface area (Å²) in [5, 5.41) is 5.19. The lowest BCUT2D eigenvalue weighted by Gasteiger charge is -2.23. The van der Waals surface area contributed by atoms with Gasteiger partial charge in [0.15, 0.2) is 0 Å². The van der Waals surface area contributed by atoms with Crippen molar-refractivity contribution in [3.05, 3.63) is 109 Å². The first kappa shape index (κ1) is 27.3. The summed E-state index contributed by atoms with van der Waals surface area (Å²) >= 11 is 0. The predicted molar refractivity (Wildman–Crippen MR) is 154 cm³/mol. The molecule has 0 aliphatic carbocycles. The Balaban J connectivity index is 1.33. The first-order valence-electron chi connectivity index (χ1n) is 12.8. The maximum Gasteiger partial charge on any atom is 0.493 e. The Bertz CT molecular complexity index is 2010. The van der Waals surface area contributed by atoms with Crippen molar-refractivity contribution in [1.82, 2.24) is 9.97 Å². The monoisotopic (exact) mass is 583 g/mol. The molecule has 0 unspecified atom stereocenters. The van der Waals surface area contributed by atoms with Crippen molar-refractivity contribution in [3.63, 3.8) is 0 Å². The number of fused-ring (bicyclic) bond motifs is 3. The molecule has 4 aromatic carbocycles. The molecule has 6 rings (SSSR count). The lowest BCUT2D eigenvalue weighted by Crippen LogP contribution is -2.39. The number of carbonyl (C=O) groups excluding carboxylic acids is 2. The molecule has 214 valence electrons. The Morgan fingerprint density at radius 1 is 0.860 bits per heavy atom. The molecule has 6 aromatic rings. The summed E-state index contributed by atoms with van der Waals surface area (Å²) in [5.74, 6) is -3.31. The number of furan rings is 1. The van der Waals surface area contributed by atoms with E-state index in [0.29, 0.717) is 22.8 Å². The van der Waals surface area contributed by atoms with Crippen molar-refractivity contribution in [2.75, 3.05) is 16.1 Å². The van der Waals surface area contributed by atoms with Gasteiger partial charge in [-0.1, -0.05) is 48.5 Å². The first-order valence-corrected chi connectivity index (χ1v) is 12.8. The summed E-state index contributed by atoms with van der Waals surface area (Å²) in [6, 6.07) is 26.5. The summed E-state index contributed by atoms with van der Waals surface area (Å²) in [6.45, 7) is 0. The second-order valence-corrected chi connectivity index (χ2v) is 9.31. The van der Waals surface area contributed by atoms with Crippen molar-refractivity contribution in [2.24, 2.45) is 0 Å². The van der Waals surface area contributed by atoms with Crippen LogP contribution < -0.4 is 16.1 Å². The summed E-state index contributed by atoms with van der Waals surface area (Å²) in [7, 11) is 0. The molecule has 43 heavy (non-hydrogen) atoms. The number of carbonyl (C=O) groups is 2. The normalized spacial score (nSPS) is 11.4. The van der Waals surface area contributed by atoms with E-state index < -0.39 is 18.1 Å². The molecular weight excluding hydrogens is 563 g/mol. The summed E-state index contributed by atoms with van der Waals surface area (Å²) < 4.78 is 45.4. The average Bonchev–Trinajstić information content (AvgIpc) is 3.38. The standard InChI is InChI=1S/C31H20F3N5O4/c32-31(33,34)30(41)43-39(29(40)22-10-1-3-13-24(22)35)19-8-5-7-18(15-19)38-27-16-25(36-17-37-27)23-12-6-11-21-20-9-2-4-14-26(20)42-28(21)23/h1-17H,35H2,(H,36,37,38). The molecule has 12 heteroatoms. The zero-order chi connectivity index (χ0) is 30.1. The number of amides is 1. The molecule has 0 bridgehead atoms. The van der Waals surface area contributed by atoms with Crippen molar-refractivity contribution >= 4 is 56.7 Å². The second kappa shape index (κ2) is 10.8. The van der Waals surface area contributed by atoms with Crippen molar-refractivity contribution in [2.45, 2.75) is 6.18 Å². The second-order valence-electron chi connectivity index (χ2n) is 9.31. The Labute approximate surface area is 241 Å². The molecule has 9 nitrogen and oxygen atoms in total. The van der Waals surface area contributed by atoms with Crippen LogP contribution >= 0.6 is 0 Å². The van der Waals surface area contributed by atoms with E-state index in [2.05, 4.69) is 20.1 Å². The summed E-state index contributed by atoms with van der Waals surface area (Å²) in [6.07, 6.45) is -4.00. The van der Waals surface area contributed by atoms with E-state index in [4.69, 9.17) is 10.2 Å². The summed E-state index contributed by atoms with van der Waals surface area (Å²) in [5.41, 5.74) is 8.51. The lowest BCUT2D eigenvalue weighted by molar-refractivity contribution is -0.199. The maximum atomic E-state index is 13.2. The minimum atomic E-state index is -5.35. The zero-order valence-corrected chi connectivity index (χ0v) is 22.0. The molecule has 0 spiro atoms. The molecular formula is C31H20F3N5O4. The number of alkyl halides is 3. The highest BCUT2D eigenvalue weighted by atomic mass is 19.4. The van der Waals surface area contributed by atoms with Gasteiger partial charge < -0.3 is 20.3 Å². The molecule has 0 radical (unpaired) electrons. The van der Waals surface area contributed by atoms with Gasteiger partial charge in [-0.3, -0.25) is 4.79 Å². The lowest BCUT2D eigenvalue weighted by atomic mass is 10.1. The van der Waals surface area contributed by atoms with E-state index in [-0.39, 0.29) is 22.0 Å². The molecule has 1 amide bonds. The highest BCUT2D eigenvalue weighted by Crippen LogP contribution is 2.35. The Morgan fingerprint density at radius 3 is 2.42 bits per heavy atom. The van der Waals surface area contributed by atoms with Crippen LogP contribution in [-0.2, 0) is 9.63 Å². The number of nitrogen functional groups attached to an aromatic ring is 1. The van der Waals surface area contributed by atoms with Crippen LogP contribution in [-0.4, -0.2) is 28.0 Å². The Kier molecular flexibility index (Phi) is 6.86. The van der Waals surface area contributed by atoms with Gasteiger partial charge in [0.05, 0.1) is 16.9 Å². The first-order chi connectivity index (χ1) is 20.7. The van der Waals surface area contributed by atoms with Crippen LogP contribution in [0.1, 0.15) is 10.4 Å². The fourth-order valence-corrected chi connectivity index (χ4v) is 4.53. The van der Waals surface area contributed by atoms with E-state index in [1.807, 2.05) is 42.5 Å². The van der Waals surface area contributed by atoms with Crippen LogP contribution in [0.25, 0.3) is 33.2 Å². The number of benzene rings is 4. The third-order valence-corrected chi connectivity index (χ3v) is 6.48. The SMILES string of the molecule is Nc1ccccc1C(=O)N(OC(=O)C(F)(F)F)c1cccc(Nc2cc(-c3cccc4c3oc3ccccc34)ncn2)c1. The van der Waals surface area contributed by atoms with Crippen LogP contribution in [0.2, 0.25) is 0 Å².